The summed E-state index contributed by atoms with van der Waals surface area (Å²) >= 11 is 0. The first-order valence-corrected chi connectivity index (χ1v) is 8.83. The Balaban J connectivity index is 1.96. The van der Waals surface area contributed by atoms with Crippen molar-refractivity contribution in [3.63, 3.8) is 0 Å². The molecule has 0 aliphatic heterocycles. The monoisotopic (exact) mass is 342 g/mol. The fourth-order valence-electron chi connectivity index (χ4n) is 2.47. The largest absolute Gasteiger partial charge is 0.490 e. The van der Waals surface area contributed by atoms with E-state index in [1.807, 2.05) is 17.8 Å². The summed E-state index contributed by atoms with van der Waals surface area (Å²) in [5.74, 6) is 1.72. The lowest BCUT2D eigenvalue weighted by atomic mass is 10.1. The quantitative estimate of drug-likeness (QED) is 0.599. The van der Waals surface area contributed by atoms with Crippen LogP contribution in [-0.4, -0.2) is 23.7 Å². The molecule has 0 fully saturated rings. The molecular formula is C20H30N4O. The maximum absolute atomic E-state index is 6.07. The topological polar surface area (TPSA) is 50.6 Å². The predicted octanol–water partition coefficient (Wildman–Crippen LogP) is 3.38. The zero-order valence-electron chi connectivity index (χ0n) is 16.0. The summed E-state index contributed by atoms with van der Waals surface area (Å²) in [7, 11) is 3.80. The molecule has 1 aromatic heterocycles. The smallest absolute Gasteiger partial charge is 0.191 e. The lowest BCUT2D eigenvalue weighted by Gasteiger charge is -2.18. The van der Waals surface area contributed by atoms with E-state index in [2.05, 4.69) is 66.9 Å². The van der Waals surface area contributed by atoms with E-state index in [4.69, 9.17) is 4.74 Å². The van der Waals surface area contributed by atoms with Crippen LogP contribution in [-0.2, 0) is 20.1 Å². The van der Waals surface area contributed by atoms with Gasteiger partial charge in [0.2, 0.25) is 0 Å². The highest BCUT2D eigenvalue weighted by Gasteiger charge is 2.09. The summed E-state index contributed by atoms with van der Waals surface area (Å²) in [4.78, 5) is 4.30. The molecule has 2 aromatic rings. The van der Waals surface area contributed by atoms with Gasteiger partial charge in [0.15, 0.2) is 5.96 Å². The average molecular weight is 342 g/mol. The summed E-state index contributed by atoms with van der Waals surface area (Å²) in [6.07, 6.45) is 5.33. The van der Waals surface area contributed by atoms with Crippen molar-refractivity contribution < 1.29 is 4.74 Å². The second-order valence-corrected chi connectivity index (χ2v) is 6.41. The van der Waals surface area contributed by atoms with E-state index < -0.39 is 0 Å². The van der Waals surface area contributed by atoms with E-state index in [0.29, 0.717) is 6.54 Å². The average Bonchev–Trinajstić information content (AvgIpc) is 3.01. The number of hydrogen-bond donors (Lipinski definition) is 2. The van der Waals surface area contributed by atoms with Crippen molar-refractivity contribution in [1.29, 1.82) is 0 Å². The normalized spacial score (nSPS) is 12.8. The zero-order chi connectivity index (χ0) is 18.2. The van der Waals surface area contributed by atoms with Crippen molar-refractivity contribution in [2.45, 2.75) is 46.4 Å². The Morgan fingerprint density at radius 1 is 1.24 bits per heavy atom. The van der Waals surface area contributed by atoms with Gasteiger partial charge in [0.1, 0.15) is 5.75 Å². The first-order valence-electron chi connectivity index (χ1n) is 8.83. The maximum Gasteiger partial charge on any atom is 0.191 e. The number of guanidine groups is 1. The molecule has 0 aliphatic rings. The molecule has 0 aliphatic carbocycles. The highest BCUT2D eigenvalue weighted by Crippen LogP contribution is 2.22. The van der Waals surface area contributed by atoms with Crippen LogP contribution < -0.4 is 15.4 Å². The molecule has 5 nitrogen and oxygen atoms in total. The second-order valence-electron chi connectivity index (χ2n) is 6.41. The Labute approximate surface area is 151 Å². The van der Waals surface area contributed by atoms with Crippen LogP contribution in [0, 0.1) is 6.92 Å². The van der Waals surface area contributed by atoms with Crippen molar-refractivity contribution in [2.24, 2.45) is 12.0 Å². The van der Waals surface area contributed by atoms with Crippen LogP contribution in [0.5, 0.6) is 5.75 Å². The molecule has 2 N–H and O–H groups in total. The fraction of sp³-hybridized carbons (Fsp3) is 0.450. The number of nitrogens with zero attached hydrogens (tertiary/aromatic N) is 2. The number of aliphatic imine (C=N–C) groups is 1. The summed E-state index contributed by atoms with van der Waals surface area (Å²) in [5, 5.41) is 6.70. The number of hydrogen-bond acceptors (Lipinski definition) is 2. The van der Waals surface area contributed by atoms with Crippen LogP contribution in [0.4, 0.5) is 0 Å². The third-order valence-electron chi connectivity index (χ3n) is 4.15. The van der Waals surface area contributed by atoms with Gasteiger partial charge in [-0.1, -0.05) is 19.1 Å². The van der Waals surface area contributed by atoms with Gasteiger partial charge in [0.25, 0.3) is 0 Å². The Bertz CT molecular complexity index is 705. The molecule has 0 bridgehead atoms. The van der Waals surface area contributed by atoms with Crippen molar-refractivity contribution in [3.05, 3.63) is 53.3 Å². The molecule has 25 heavy (non-hydrogen) atoms. The van der Waals surface area contributed by atoms with Gasteiger partial charge in [0.05, 0.1) is 6.10 Å². The third kappa shape index (κ3) is 5.85. The number of ether oxygens (including phenoxy) is 1. The van der Waals surface area contributed by atoms with Gasteiger partial charge < -0.3 is 19.9 Å². The number of aryl methyl sites for hydroxylation is 2. The van der Waals surface area contributed by atoms with Gasteiger partial charge in [-0.05, 0) is 43.5 Å². The van der Waals surface area contributed by atoms with E-state index in [-0.39, 0.29) is 6.10 Å². The van der Waals surface area contributed by atoms with Crippen LogP contribution in [0.15, 0.2) is 41.7 Å². The molecule has 2 rings (SSSR count). The Kier molecular flexibility index (Phi) is 6.92. The highest BCUT2D eigenvalue weighted by atomic mass is 16.5. The van der Waals surface area contributed by atoms with Crippen molar-refractivity contribution in [1.82, 2.24) is 15.2 Å². The third-order valence-corrected chi connectivity index (χ3v) is 4.15. The molecule has 0 radical (unpaired) electrons. The van der Waals surface area contributed by atoms with Crippen LogP contribution in [0.2, 0.25) is 0 Å². The Morgan fingerprint density at radius 2 is 2.00 bits per heavy atom. The molecule has 0 saturated carbocycles. The molecule has 0 spiro atoms. The van der Waals surface area contributed by atoms with Gasteiger partial charge in [-0.15, -0.1) is 0 Å². The molecule has 0 saturated heterocycles. The van der Waals surface area contributed by atoms with E-state index in [1.165, 1.54) is 11.1 Å². The minimum absolute atomic E-state index is 0.205. The fourth-order valence-corrected chi connectivity index (χ4v) is 2.47. The predicted molar refractivity (Wildman–Crippen MR) is 104 cm³/mol. The summed E-state index contributed by atoms with van der Waals surface area (Å²) in [6, 6.07) is 8.42. The van der Waals surface area contributed by atoms with Crippen LogP contribution in [0.3, 0.4) is 0 Å². The molecule has 1 unspecified atom stereocenters. The van der Waals surface area contributed by atoms with Gasteiger partial charge in [-0.2, -0.15) is 0 Å². The number of nitrogens with one attached hydrogen (secondary N) is 2. The van der Waals surface area contributed by atoms with Gasteiger partial charge in [0, 0.05) is 45.1 Å². The SMILES string of the molecule is CCC(C)Oc1cc(C)ccc1CNC(=NC)NCc1ccn(C)c1. The summed E-state index contributed by atoms with van der Waals surface area (Å²) in [6.45, 7) is 7.72. The lowest BCUT2D eigenvalue weighted by molar-refractivity contribution is 0.215. The molecule has 1 heterocycles. The van der Waals surface area contributed by atoms with E-state index in [0.717, 1.165) is 30.2 Å². The minimum atomic E-state index is 0.205. The number of aromatic nitrogens is 1. The minimum Gasteiger partial charge on any atom is -0.490 e. The molecule has 5 heteroatoms. The van der Waals surface area contributed by atoms with E-state index >= 15 is 0 Å². The van der Waals surface area contributed by atoms with Crippen LogP contribution in [0.25, 0.3) is 0 Å². The van der Waals surface area contributed by atoms with E-state index in [9.17, 15) is 0 Å². The van der Waals surface area contributed by atoms with Crippen LogP contribution in [0.1, 0.15) is 37.0 Å². The molecule has 1 aromatic carbocycles. The van der Waals surface area contributed by atoms with Gasteiger partial charge in [-0.25, -0.2) is 0 Å². The van der Waals surface area contributed by atoms with E-state index in [1.54, 1.807) is 7.05 Å². The zero-order valence-corrected chi connectivity index (χ0v) is 16.0. The first kappa shape index (κ1) is 18.9. The first-order chi connectivity index (χ1) is 12.0. The molecule has 136 valence electrons. The Hall–Kier alpha value is -2.43. The number of benzene rings is 1. The molecule has 1 atom stereocenters. The van der Waals surface area contributed by atoms with Crippen molar-refractivity contribution in [2.75, 3.05) is 7.05 Å². The van der Waals surface area contributed by atoms with Crippen molar-refractivity contribution >= 4 is 5.96 Å². The standard InChI is InChI=1S/C20H30N4O/c1-6-16(3)25-19-11-15(2)7-8-18(19)13-23-20(21-4)22-12-17-9-10-24(5)14-17/h7-11,14,16H,6,12-13H2,1-5H3,(H2,21,22,23). The van der Waals surface area contributed by atoms with Gasteiger partial charge >= 0.3 is 0 Å². The molecule has 0 amide bonds. The highest BCUT2D eigenvalue weighted by molar-refractivity contribution is 5.79. The maximum atomic E-state index is 6.07. The Morgan fingerprint density at radius 3 is 2.64 bits per heavy atom. The summed E-state index contributed by atoms with van der Waals surface area (Å²) < 4.78 is 8.11. The molecular weight excluding hydrogens is 312 g/mol. The van der Waals surface area contributed by atoms with Crippen LogP contribution >= 0.6 is 0 Å². The number of rotatable bonds is 7. The van der Waals surface area contributed by atoms with Crippen molar-refractivity contribution in [3.8, 4) is 5.75 Å². The lowest BCUT2D eigenvalue weighted by Crippen LogP contribution is -2.36. The summed E-state index contributed by atoms with van der Waals surface area (Å²) in [5.41, 5.74) is 3.56. The van der Waals surface area contributed by atoms with Gasteiger partial charge in [-0.3, -0.25) is 4.99 Å². The second kappa shape index (κ2) is 9.16.